The van der Waals surface area contributed by atoms with Crippen molar-refractivity contribution < 1.29 is 22.6 Å². The lowest BCUT2D eigenvalue weighted by atomic mass is 10.4. The Bertz CT molecular complexity index is 503. The monoisotopic (exact) mass is 277 g/mol. The molecule has 0 aliphatic carbocycles. The zero-order valence-corrected chi connectivity index (χ0v) is 11.1. The molecule has 0 unspecified atom stereocenters. The molecule has 0 saturated carbocycles. The first-order valence-corrected chi connectivity index (χ1v) is 6.61. The van der Waals surface area contributed by atoms with Crippen LogP contribution in [0.15, 0.2) is 9.42 Å². The summed E-state index contributed by atoms with van der Waals surface area (Å²) in [5, 5.41) is 3.56. The van der Waals surface area contributed by atoms with Gasteiger partial charge in [0.05, 0.1) is 7.11 Å². The SMILES string of the molecule is CONC(=O)CCNS(=O)(=O)c1c(C)noc1C. The van der Waals surface area contributed by atoms with Crippen molar-refractivity contribution >= 4 is 15.9 Å². The summed E-state index contributed by atoms with van der Waals surface area (Å²) in [5.41, 5.74) is 2.36. The Labute approximate surface area is 105 Å². The van der Waals surface area contributed by atoms with E-state index in [2.05, 4.69) is 20.2 Å². The summed E-state index contributed by atoms with van der Waals surface area (Å²) in [7, 11) is -2.42. The van der Waals surface area contributed by atoms with Crippen molar-refractivity contribution in [3.8, 4) is 0 Å². The van der Waals surface area contributed by atoms with E-state index in [1.165, 1.54) is 21.0 Å². The van der Waals surface area contributed by atoms with Crippen LogP contribution in [0.1, 0.15) is 17.9 Å². The van der Waals surface area contributed by atoms with Gasteiger partial charge >= 0.3 is 0 Å². The number of hydroxylamine groups is 1. The number of sulfonamides is 1. The van der Waals surface area contributed by atoms with Gasteiger partial charge in [-0.15, -0.1) is 0 Å². The highest BCUT2D eigenvalue weighted by Gasteiger charge is 2.23. The molecule has 0 spiro atoms. The lowest BCUT2D eigenvalue weighted by Crippen LogP contribution is -2.30. The van der Waals surface area contributed by atoms with Gasteiger partial charge < -0.3 is 4.52 Å². The third-order valence-electron chi connectivity index (χ3n) is 2.10. The van der Waals surface area contributed by atoms with Gasteiger partial charge in [0.25, 0.3) is 0 Å². The molecule has 9 heteroatoms. The Morgan fingerprint density at radius 3 is 2.61 bits per heavy atom. The summed E-state index contributed by atoms with van der Waals surface area (Å²) < 4.78 is 30.9. The number of nitrogens with one attached hydrogen (secondary N) is 2. The smallest absolute Gasteiger partial charge is 0.245 e. The quantitative estimate of drug-likeness (QED) is 0.687. The van der Waals surface area contributed by atoms with Crippen molar-refractivity contribution in [1.82, 2.24) is 15.4 Å². The Balaban J connectivity index is 2.64. The molecule has 0 aromatic carbocycles. The van der Waals surface area contributed by atoms with Crippen LogP contribution in [0.3, 0.4) is 0 Å². The molecule has 0 saturated heterocycles. The van der Waals surface area contributed by atoms with E-state index in [1.54, 1.807) is 0 Å². The standard InChI is InChI=1S/C9H15N3O5S/c1-6-9(7(2)17-11-6)18(14,15)10-5-4-8(13)12-16-3/h10H,4-5H2,1-3H3,(H,12,13). The van der Waals surface area contributed by atoms with Gasteiger partial charge in [-0.05, 0) is 13.8 Å². The second kappa shape index (κ2) is 5.94. The van der Waals surface area contributed by atoms with Crippen molar-refractivity contribution in [1.29, 1.82) is 0 Å². The van der Waals surface area contributed by atoms with Crippen LogP contribution in [0, 0.1) is 13.8 Å². The molecule has 1 rings (SSSR count). The fourth-order valence-corrected chi connectivity index (χ4v) is 2.75. The predicted octanol–water partition coefficient (Wildman–Crippen LogP) is -0.363. The fourth-order valence-electron chi connectivity index (χ4n) is 1.39. The summed E-state index contributed by atoms with van der Waals surface area (Å²) in [5.74, 6) is -0.208. The maximum atomic E-state index is 11.9. The highest BCUT2D eigenvalue weighted by molar-refractivity contribution is 7.89. The van der Waals surface area contributed by atoms with E-state index in [9.17, 15) is 13.2 Å². The first kappa shape index (κ1) is 14.6. The van der Waals surface area contributed by atoms with E-state index >= 15 is 0 Å². The summed E-state index contributed by atoms with van der Waals surface area (Å²) in [6.07, 6.45) is -0.0313. The van der Waals surface area contributed by atoms with Crippen molar-refractivity contribution in [3.63, 3.8) is 0 Å². The maximum Gasteiger partial charge on any atom is 0.245 e. The molecule has 0 atom stereocenters. The normalized spacial score (nSPS) is 11.5. The van der Waals surface area contributed by atoms with Gasteiger partial charge in [0.2, 0.25) is 15.9 Å². The summed E-state index contributed by atoms with van der Waals surface area (Å²) >= 11 is 0. The zero-order valence-electron chi connectivity index (χ0n) is 10.3. The van der Waals surface area contributed by atoms with E-state index in [0.29, 0.717) is 0 Å². The van der Waals surface area contributed by atoms with Crippen molar-refractivity contribution in [2.24, 2.45) is 0 Å². The van der Waals surface area contributed by atoms with E-state index < -0.39 is 15.9 Å². The molecule has 102 valence electrons. The average molecular weight is 277 g/mol. The zero-order chi connectivity index (χ0) is 13.8. The van der Waals surface area contributed by atoms with E-state index in [4.69, 9.17) is 4.52 Å². The van der Waals surface area contributed by atoms with Crippen molar-refractivity contribution in [2.45, 2.75) is 25.2 Å². The minimum absolute atomic E-state index is 0.00893. The number of hydrogen-bond donors (Lipinski definition) is 2. The fraction of sp³-hybridized carbons (Fsp3) is 0.556. The molecule has 0 fully saturated rings. The minimum Gasteiger partial charge on any atom is -0.360 e. The first-order valence-electron chi connectivity index (χ1n) is 5.13. The maximum absolute atomic E-state index is 11.9. The van der Waals surface area contributed by atoms with Gasteiger partial charge in [0.15, 0.2) is 5.76 Å². The Hall–Kier alpha value is -1.45. The van der Waals surface area contributed by atoms with Crippen LogP contribution in [-0.2, 0) is 19.7 Å². The number of amides is 1. The number of aryl methyl sites for hydroxylation is 2. The van der Waals surface area contributed by atoms with E-state index in [-0.39, 0.29) is 29.3 Å². The Morgan fingerprint density at radius 1 is 1.44 bits per heavy atom. The summed E-state index contributed by atoms with van der Waals surface area (Å²) in [6, 6.07) is 0. The second-order valence-corrected chi connectivity index (χ2v) is 5.23. The molecule has 0 bridgehead atoms. The van der Waals surface area contributed by atoms with Crippen LogP contribution in [0.5, 0.6) is 0 Å². The number of aromatic nitrogens is 1. The topological polar surface area (TPSA) is 111 Å². The molecular formula is C9H15N3O5S. The third kappa shape index (κ3) is 3.52. The van der Waals surface area contributed by atoms with Crippen molar-refractivity contribution in [2.75, 3.05) is 13.7 Å². The first-order chi connectivity index (χ1) is 8.38. The number of rotatable bonds is 6. The van der Waals surface area contributed by atoms with Gasteiger partial charge in [0.1, 0.15) is 10.6 Å². The molecule has 0 radical (unpaired) electrons. The molecular weight excluding hydrogens is 262 g/mol. The Morgan fingerprint density at radius 2 is 2.11 bits per heavy atom. The van der Waals surface area contributed by atoms with E-state index in [0.717, 1.165) is 0 Å². The van der Waals surface area contributed by atoms with Crippen LogP contribution in [0.2, 0.25) is 0 Å². The average Bonchev–Trinajstić information content (AvgIpc) is 2.59. The molecule has 0 aliphatic heterocycles. The molecule has 0 aliphatic rings. The second-order valence-electron chi connectivity index (χ2n) is 3.53. The molecule has 1 aromatic rings. The van der Waals surface area contributed by atoms with Crippen LogP contribution in [0.25, 0.3) is 0 Å². The predicted molar refractivity (Wildman–Crippen MR) is 60.9 cm³/mol. The number of carbonyl (C=O) groups excluding carboxylic acids is 1. The Kier molecular flexibility index (Phi) is 4.82. The minimum atomic E-state index is -3.72. The van der Waals surface area contributed by atoms with Gasteiger partial charge in [-0.3, -0.25) is 9.63 Å². The van der Waals surface area contributed by atoms with Crippen LogP contribution >= 0.6 is 0 Å². The molecule has 1 aromatic heterocycles. The molecule has 1 heterocycles. The number of nitrogens with zero attached hydrogens (tertiary/aromatic N) is 1. The van der Waals surface area contributed by atoms with Crippen LogP contribution in [0.4, 0.5) is 0 Å². The number of carbonyl (C=O) groups is 1. The summed E-state index contributed by atoms with van der Waals surface area (Å²) in [4.78, 5) is 15.5. The van der Waals surface area contributed by atoms with Crippen LogP contribution in [-0.4, -0.2) is 33.1 Å². The third-order valence-corrected chi connectivity index (χ3v) is 3.80. The van der Waals surface area contributed by atoms with Crippen LogP contribution < -0.4 is 10.2 Å². The molecule has 1 amide bonds. The van der Waals surface area contributed by atoms with Gasteiger partial charge in [0, 0.05) is 13.0 Å². The number of hydrogen-bond acceptors (Lipinski definition) is 6. The lowest BCUT2D eigenvalue weighted by molar-refractivity contribution is -0.131. The van der Waals surface area contributed by atoms with E-state index in [1.807, 2.05) is 0 Å². The van der Waals surface area contributed by atoms with Gasteiger partial charge in [-0.2, -0.15) is 0 Å². The highest BCUT2D eigenvalue weighted by Crippen LogP contribution is 2.18. The largest absolute Gasteiger partial charge is 0.360 e. The highest BCUT2D eigenvalue weighted by atomic mass is 32.2. The molecule has 18 heavy (non-hydrogen) atoms. The van der Waals surface area contributed by atoms with Crippen molar-refractivity contribution in [3.05, 3.63) is 11.5 Å². The van der Waals surface area contributed by atoms with Gasteiger partial charge in [-0.25, -0.2) is 18.6 Å². The molecule has 8 nitrogen and oxygen atoms in total. The van der Waals surface area contributed by atoms with Gasteiger partial charge in [-0.1, -0.05) is 5.16 Å². The molecule has 2 N–H and O–H groups in total. The summed E-state index contributed by atoms with van der Waals surface area (Å²) in [6.45, 7) is 3.00. The lowest BCUT2D eigenvalue weighted by Gasteiger charge is -2.05.